The average molecular weight is 186 g/mol. The Morgan fingerprint density at radius 2 is 2.42 bits per heavy atom. The molecule has 0 amide bonds. The predicted molar refractivity (Wildman–Crippen MR) is 52.5 cm³/mol. The van der Waals surface area contributed by atoms with E-state index < -0.39 is 0 Å². The van der Waals surface area contributed by atoms with Crippen LogP contribution in [0.4, 0.5) is 0 Å². The molecule has 0 unspecified atom stereocenters. The van der Waals surface area contributed by atoms with E-state index in [1.54, 1.807) is 13.1 Å². The Morgan fingerprint density at radius 1 is 1.67 bits per heavy atom. The molecule has 1 aromatic rings. The van der Waals surface area contributed by atoms with Gasteiger partial charge in [0.2, 0.25) is 0 Å². The van der Waals surface area contributed by atoms with Crippen molar-refractivity contribution in [3.8, 4) is 0 Å². The standard InChI is InChI=1S/C8H14N2OS/c1-3-4-12-6-7-5-8(11)10(2)9-7/h5,9H,3-4,6H2,1-2H3. The number of H-pyrrole nitrogens is 1. The lowest BCUT2D eigenvalue weighted by molar-refractivity contribution is 0.729. The summed E-state index contributed by atoms with van der Waals surface area (Å²) in [6.07, 6.45) is 1.18. The Balaban J connectivity index is 2.47. The average Bonchev–Trinajstić information content (AvgIpc) is 2.32. The van der Waals surface area contributed by atoms with Crippen LogP contribution >= 0.6 is 11.8 Å². The molecule has 3 nitrogen and oxygen atoms in total. The lowest BCUT2D eigenvalue weighted by Crippen LogP contribution is -2.09. The van der Waals surface area contributed by atoms with Crippen molar-refractivity contribution in [2.24, 2.45) is 7.05 Å². The Kier molecular flexibility index (Phi) is 3.47. The van der Waals surface area contributed by atoms with Crippen molar-refractivity contribution in [3.63, 3.8) is 0 Å². The maximum atomic E-state index is 11.0. The number of hydrogen-bond donors (Lipinski definition) is 1. The fraction of sp³-hybridized carbons (Fsp3) is 0.625. The fourth-order valence-corrected chi connectivity index (χ4v) is 1.75. The Hall–Kier alpha value is -0.640. The third-order valence-electron chi connectivity index (χ3n) is 1.55. The number of aromatic amines is 1. The van der Waals surface area contributed by atoms with Crippen LogP contribution in [0.2, 0.25) is 0 Å². The van der Waals surface area contributed by atoms with Gasteiger partial charge >= 0.3 is 0 Å². The van der Waals surface area contributed by atoms with Crippen LogP contribution in [0.5, 0.6) is 0 Å². The molecule has 1 heterocycles. The molecule has 0 aliphatic carbocycles. The molecule has 0 atom stereocenters. The highest BCUT2D eigenvalue weighted by Crippen LogP contribution is 2.08. The van der Waals surface area contributed by atoms with Gasteiger partial charge in [0.25, 0.3) is 5.56 Å². The molecule has 0 aliphatic heterocycles. The van der Waals surface area contributed by atoms with Gasteiger partial charge in [0.1, 0.15) is 0 Å². The second-order valence-electron chi connectivity index (χ2n) is 2.73. The molecule has 1 N–H and O–H groups in total. The first kappa shape index (κ1) is 9.45. The van der Waals surface area contributed by atoms with Crippen molar-refractivity contribution in [3.05, 3.63) is 22.1 Å². The van der Waals surface area contributed by atoms with Gasteiger partial charge < -0.3 is 0 Å². The summed E-state index contributed by atoms with van der Waals surface area (Å²) in [6.45, 7) is 2.15. The summed E-state index contributed by atoms with van der Waals surface area (Å²) in [6, 6.07) is 1.66. The van der Waals surface area contributed by atoms with E-state index in [1.165, 1.54) is 11.1 Å². The van der Waals surface area contributed by atoms with Gasteiger partial charge in [-0.2, -0.15) is 11.8 Å². The number of nitrogens with zero attached hydrogens (tertiary/aromatic N) is 1. The smallest absolute Gasteiger partial charge is 0.266 e. The summed E-state index contributed by atoms with van der Waals surface area (Å²) in [7, 11) is 1.73. The summed E-state index contributed by atoms with van der Waals surface area (Å²) in [5.41, 5.74) is 1.06. The van der Waals surface area contributed by atoms with Gasteiger partial charge in [-0.15, -0.1) is 0 Å². The maximum absolute atomic E-state index is 11.0. The molecule has 0 aromatic carbocycles. The van der Waals surface area contributed by atoms with Crippen LogP contribution in [0.1, 0.15) is 19.0 Å². The van der Waals surface area contributed by atoms with Crippen LogP contribution in [0.25, 0.3) is 0 Å². The van der Waals surface area contributed by atoms with E-state index in [1.807, 2.05) is 11.8 Å². The summed E-state index contributed by atoms with van der Waals surface area (Å²) in [4.78, 5) is 11.0. The van der Waals surface area contributed by atoms with E-state index in [9.17, 15) is 4.79 Å². The number of aryl methyl sites for hydroxylation is 1. The first-order valence-corrected chi connectivity index (χ1v) is 5.22. The highest BCUT2D eigenvalue weighted by Gasteiger charge is 1.98. The third-order valence-corrected chi connectivity index (χ3v) is 2.76. The molecule has 0 fully saturated rings. The van der Waals surface area contributed by atoms with Crippen molar-refractivity contribution in [1.29, 1.82) is 0 Å². The summed E-state index contributed by atoms with van der Waals surface area (Å²) in [5.74, 6) is 2.06. The Bertz CT molecular complexity index is 289. The molecule has 0 aliphatic rings. The van der Waals surface area contributed by atoms with Gasteiger partial charge in [0, 0.05) is 24.6 Å². The zero-order valence-corrected chi connectivity index (χ0v) is 8.28. The maximum Gasteiger partial charge on any atom is 0.266 e. The quantitative estimate of drug-likeness (QED) is 0.721. The largest absolute Gasteiger partial charge is 0.299 e. The van der Waals surface area contributed by atoms with Crippen molar-refractivity contribution in [2.75, 3.05) is 5.75 Å². The molecule has 4 heteroatoms. The first-order valence-electron chi connectivity index (χ1n) is 4.06. The van der Waals surface area contributed by atoms with Crippen LogP contribution in [-0.4, -0.2) is 15.5 Å². The van der Waals surface area contributed by atoms with E-state index in [4.69, 9.17) is 0 Å². The molecule has 68 valence electrons. The van der Waals surface area contributed by atoms with Gasteiger partial charge in [-0.25, -0.2) is 0 Å². The van der Waals surface area contributed by atoms with Crippen LogP contribution in [0.15, 0.2) is 10.9 Å². The SMILES string of the molecule is CCCSCc1cc(=O)n(C)[nH]1. The minimum Gasteiger partial charge on any atom is -0.299 e. The molecular weight excluding hydrogens is 172 g/mol. The molecule has 0 spiro atoms. The molecule has 0 saturated heterocycles. The van der Waals surface area contributed by atoms with Crippen molar-refractivity contribution in [2.45, 2.75) is 19.1 Å². The molecular formula is C8H14N2OS. The predicted octanol–water partition coefficient (Wildman–Crippen LogP) is 1.36. The van der Waals surface area contributed by atoms with Crippen molar-refractivity contribution in [1.82, 2.24) is 9.78 Å². The highest BCUT2D eigenvalue weighted by molar-refractivity contribution is 7.98. The monoisotopic (exact) mass is 186 g/mol. The molecule has 1 rings (SSSR count). The normalized spacial score (nSPS) is 10.5. The minimum atomic E-state index is 0.0436. The zero-order chi connectivity index (χ0) is 8.97. The van der Waals surface area contributed by atoms with E-state index in [2.05, 4.69) is 12.0 Å². The topological polar surface area (TPSA) is 37.8 Å². The number of nitrogens with one attached hydrogen (secondary N) is 1. The van der Waals surface area contributed by atoms with Crippen LogP contribution < -0.4 is 5.56 Å². The summed E-state index contributed by atoms with van der Waals surface area (Å²) < 4.78 is 1.50. The summed E-state index contributed by atoms with van der Waals surface area (Å²) in [5, 5.41) is 2.99. The van der Waals surface area contributed by atoms with E-state index in [0.29, 0.717) is 0 Å². The minimum absolute atomic E-state index is 0.0436. The molecule has 1 aromatic heterocycles. The van der Waals surface area contributed by atoms with Crippen molar-refractivity contribution >= 4 is 11.8 Å². The van der Waals surface area contributed by atoms with Gasteiger partial charge in [-0.3, -0.25) is 14.6 Å². The number of thioether (sulfide) groups is 1. The van der Waals surface area contributed by atoms with Crippen LogP contribution in [-0.2, 0) is 12.8 Å². The lowest BCUT2D eigenvalue weighted by atomic mass is 10.5. The zero-order valence-electron chi connectivity index (χ0n) is 7.46. The number of hydrogen-bond acceptors (Lipinski definition) is 2. The number of rotatable bonds is 4. The Morgan fingerprint density at radius 3 is 2.92 bits per heavy atom. The van der Waals surface area contributed by atoms with E-state index in [-0.39, 0.29) is 5.56 Å². The molecule has 0 saturated carbocycles. The second-order valence-corrected chi connectivity index (χ2v) is 3.84. The van der Waals surface area contributed by atoms with E-state index >= 15 is 0 Å². The Labute approximate surface area is 76.1 Å². The second kappa shape index (κ2) is 4.40. The highest BCUT2D eigenvalue weighted by atomic mass is 32.2. The number of aromatic nitrogens is 2. The van der Waals surface area contributed by atoms with E-state index in [0.717, 1.165) is 17.2 Å². The molecule has 12 heavy (non-hydrogen) atoms. The lowest BCUT2D eigenvalue weighted by Gasteiger charge is -1.95. The van der Waals surface area contributed by atoms with Gasteiger partial charge in [-0.1, -0.05) is 6.92 Å². The molecule has 0 radical (unpaired) electrons. The van der Waals surface area contributed by atoms with Crippen LogP contribution in [0, 0.1) is 0 Å². The van der Waals surface area contributed by atoms with Gasteiger partial charge in [0.15, 0.2) is 0 Å². The van der Waals surface area contributed by atoms with Gasteiger partial charge in [-0.05, 0) is 12.2 Å². The molecule has 0 bridgehead atoms. The summed E-state index contributed by atoms with van der Waals surface area (Å²) >= 11 is 1.84. The van der Waals surface area contributed by atoms with Gasteiger partial charge in [0.05, 0.1) is 0 Å². The van der Waals surface area contributed by atoms with Crippen molar-refractivity contribution < 1.29 is 0 Å². The fourth-order valence-electron chi connectivity index (χ4n) is 0.949. The third kappa shape index (κ3) is 2.44. The van der Waals surface area contributed by atoms with Crippen LogP contribution in [0.3, 0.4) is 0 Å². The first-order chi connectivity index (χ1) is 5.74.